The molecule has 0 spiro atoms. The minimum atomic E-state index is -4.73. The van der Waals surface area contributed by atoms with E-state index in [4.69, 9.17) is 20.3 Å². The molecule has 2 atom stereocenters. The first-order valence-corrected chi connectivity index (χ1v) is 14.7. The number of carboxylic acids is 1. The van der Waals surface area contributed by atoms with Crippen molar-refractivity contribution in [3.8, 4) is 22.8 Å². The van der Waals surface area contributed by atoms with Crippen molar-refractivity contribution in [2.45, 2.75) is 32.2 Å². The predicted molar refractivity (Wildman–Crippen MR) is 155 cm³/mol. The molecule has 1 saturated heterocycles. The molecule has 1 saturated carbocycles. The zero-order chi connectivity index (χ0) is 30.8. The summed E-state index contributed by atoms with van der Waals surface area (Å²) in [6, 6.07) is 11.4. The van der Waals surface area contributed by atoms with Crippen LogP contribution in [-0.2, 0) is 29.0 Å². The minimum Gasteiger partial charge on any atom is -0.489 e. The van der Waals surface area contributed by atoms with E-state index in [0.717, 1.165) is 73.8 Å². The molecule has 3 N–H and O–H groups in total. The maximum absolute atomic E-state index is 12.4. The van der Waals surface area contributed by atoms with Gasteiger partial charge in [0.05, 0.1) is 24.8 Å². The Morgan fingerprint density at radius 1 is 1.02 bits per heavy atom. The third kappa shape index (κ3) is 7.16. The number of aliphatic carboxylic acids is 1. The van der Waals surface area contributed by atoms with Gasteiger partial charge >= 0.3 is 12.3 Å². The fourth-order valence-corrected chi connectivity index (χ4v) is 5.86. The van der Waals surface area contributed by atoms with Crippen LogP contribution < -0.4 is 20.1 Å². The number of anilines is 2. The highest BCUT2D eigenvalue weighted by molar-refractivity contribution is 5.76. The minimum absolute atomic E-state index is 0.152. The van der Waals surface area contributed by atoms with Crippen molar-refractivity contribution >= 4 is 17.7 Å². The second-order valence-corrected chi connectivity index (χ2v) is 11.4. The summed E-state index contributed by atoms with van der Waals surface area (Å²) in [5.74, 6) is 0.665. The maximum Gasteiger partial charge on any atom is 0.573 e. The van der Waals surface area contributed by atoms with Gasteiger partial charge in [0.2, 0.25) is 5.95 Å². The van der Waals surface area contributed by atoms with Gasteiger partial charge in [-0.3, -0.25) is 9.69 Å². The van der Waals surface area contributed by atoms with Gasteiger partial charge in [-0.2, -0.15) is 4.98 Å². The van der Waals surface area contributed by atoms with E-state index < -0.39 is 12.3 Å². The van der Waals surface area contributed by atoms with Crippen molar-refractivity contribution in [2.75, 3.05) is 56.6 Å². The molecule has 1 aliphatic heterocycles. The molecule has 2 unspecified atom stereocenters. The summed E-state index contributed by atoms with van der Waals surface area (Å²) in [7, 11) is 0. The monoisotopic (exact) mass is 613 g/mol. The molecule has 1 aromatic heterocycles. The number of carbonyl (C=O) groups is 1. The van der Waals surface area contributed by atoms with Gasteiger partial charge in [-0.05, 0) is 66.6 Å². The van der Waals surface area contributed by atoms with Gasteiger partial charge in [-0.1, -0.05) is 12.1 Å². The Balaban J connectivity index is 1.04. The van der Waals surface area contributed by atoms with Crippen LogP contribution in [0.25, 0.3) is 11.3 Å². The largest absolute Gasteiger partial charge is 0.573 e. The second-order valence-electron chi connectivity index (χ2n) is 11.4. The first-order chi connectivity index (χ1) is 21.1. The van der Waals surface area contributed by atoms with E-state index in [9.17, 15) is 18.0 Å². The van der Waals surface area contributed by atoms with Gasteiger partial charge in [0, 0.05) is 43.9 Å². The summed E-state index contributed by atoms with van der Waals surface area (Å²) in [6.07, 6.45) is -2.47. The van der Waals surface area contributed by atoms with Crippen molar-refractivity contribution < 1.29 is 37.3 Å². The quantitative estimate of drug-likeness (QED) is 0.305. The molecular formula is C31H34F3N5O5. The van der Waals surface area contributed by atoms with Crippen LogP contribution in [0.15, 0.2) is 42.5 Å². The highest BCUT2D eigenvalue weighted by Crippen LogP contribution is 2.39. The predicted octanol–water partition coefficient (Wildman–Crippen LogP) is 4.16. The Morgan fingerprint density at radius 2 is 1.77 bits per heavy atom. The highest BCUT2D eigenvalue weighted by atomic mass is 19.4. The number of alkyl halides is 3. The molecule has 2 heterocycles. The number of ether oxygens (including phenoxy) is 3. The number of nitrogens with two attached hydrogens (primary N) is 1. The zero-order valence-corrected chi connectivity index (χ0v) is 24.1. The number of nitrogens with zero attached hydrogens (tertiary/aromatic N) is 4. The SMILES string of the molecule is Nc1nc2c(c(N3CCN(CCOCC4CC4C(=O)O)CC3)n1)CCc1cc(OCc3ccc(OC(F)(F)F)cc3)ccc1-2. The van der Waals surface area contributed by atoms with Crippen molar-refractivity contribution in [3.63, 3.8) is 0 Å². The Hall–Kier alpha value is -4.10. The molecule has 10 nitrogen and oxygen atoms in total. The molecular weight excluding hydrogens is 579 g/mol. The number of aromatic nitrogens is 2. The average molecular weight is 614 g/mol. The van der Waals surface area contributed by atoms with Crippen LogP contribution in [0.3, 0.4) is 0 Å². The summed E-state index contributed by atoms with van der Waals surface area (Å²) < 4.78 is 52.8. The van der Waals surface area contributed by atoms with Crippen molar-refractivity contribution in [3.05, 3.63) is 59.2 Å². The van der Waals surface area contributed by atoms with Crippen LogP contribution >= 0.6 is 0 Å². The van der Waals surface area contributed by atoms with Gasteiger partial charge in [0.15, 0.2) is 0 Å². The van der Waals surface area contributed by atoms with Gasteiger partial charge < -0.3 is 30.0 Å². The van der Waals surface area contributed by atoms with Crippen LogP contribution in [0.4, 0.5) is 24.9 Å². The lowest BCUT2D eigenvalue weighted by molar-refractivity contribution is -0.274. The topological polar surface area (TPSA) is 123 Å². The number of fused-ring (bicyclic) bond motifs is 3. The van der Waals surface area contributed by atoms with Gasteiger partial charge in [-0.25, -0.2) is 4.98 Å². The Bertz CT molecular complexity index is 1500. The van der Waals surface area contributed by atoms with E-state index in [1.54, 1.807) is 0 Å². The molecule has 3 aliphatic rings. The average Bonchev–Trinajstić information content (AvgIpc) is 3.78. The molecule has 44 heavy (non-hydrogen) atoms. The molecule has 2 aromatic carbocycles. The summed E-state index contributed by atoms with van der Waals surface area (Å²) in [5, 5.41) is 9.02. The van der Waals surface area contributed by atoms with Crippen LogP contribution in [-0.4, -0.2) is 78.2 Å². The number of benzene rings is 2. The molecule has 2 fully saturated rings. The van der Waals surface area contributed by atoms with Crippen LogP contribution in [0.5, 0.6) is 11.5 Å². The third-order valence-corrected chi connectivity index (χ3v) is 8.34. The summed E-state index contributed by atoms with van der Waals surface area (Å²) in [5.41, 5.74) is 10.9. The summed E-state index contributed by atoms with van der Waals surface area (Å²) >= 11 is 0. The number of carboxylic acid groups (broad SMARTS) is 1. The molecule has 13 heteroatoms. The van der Waals surface area contributed by atoms with Gasteiger partial charge in [-0.15, -0.1) is 13.2 Å². The highest BCUT2D eigenvalue weighted by Gasteiger charge is 2.43. The van der Waals surface area contributed by atoms with Crippen molar-refractivity contribution in [1.29, 1.82) is 0 Å². The first-order valence-electron chi connectivity index (χ1n) is 14.7. The number of hydrogen-bond acceptors (Lipinski definition) is 9. The lowest BCUT2D eigenvalue weighted by Gasteiger charge is -2.37. The van der Waals surface area contributed by atoms with E-state index >= 15 is 0 Å². The van der Waals surface area contributed by atoms with Crippen molar-refractivity contribution in [1.82, 2.24) is 14.9 Å². The molecule has 3 aromatic rings. The second kappa shape index (κ2) is 12.5. The van der Waals surface area contributed by atoms with E-state index in [-0.39, 0.29) is 30.1 Å². The first kappa shape index (κ1) is 29.9. The third-order valence-electron chi connectivity index (χ3n) is 8.34. The zero-order valence-electron chi connectivity index (χ0n) is 24.1. The number of rotatable bonds is 11. The smallest absolute Gasteiger partial charge is 0.489 e. The number of piperazine rings is 1. The van der Waals surface area contributed by atoms with Gasteiger partial charge in [0.25, 0.3) is 0 Å². The normalized spacial score (nSPS) is 19.7. The fraction of sp³-hybridized carbons (Fsp3) is 0.452. The number of hydrogen-bond donors (Lipinski definition) is 2. The number of nitrogen functional groups attached to an aromatic ring is 1. The molecule has 0 radical (unpaired) electrons. The maximum atomic E-state index is 12.4. The Kier molecular flexibility index (Phi) is 8.50. The molecule has 2 aliphatic carbocycles. The van der Waals surface area contributed by atoms with E-state index in [2.05, 4.69) is 24.5 Å². The number of halogens is 3. The van der Waals surface area contributed by atoms with E-state index in [1.165, 1.54) is 24.3 Å². The van der Waals surface area contributed by atoms with Gasteiger partial charge in [0.1, 0.15) is 23.9 Å². The lowest BCUT2D eigenvalue weighted by Crippen LogP contribution is -2.48. The summed E-state index contributed by atoms with van der Waals surface area (Å²) in [4.78, 5) is 24.8. The molecule has 6 rings (SSSR count). The number of aryl methyl sites for hydroxylation is 1. The van der Waals surface area contributed by atoms with Crippen molar-refractivity contribution in [2.24, 2.45) is 11.8 Å². The Labute approximate surface area is 252 Å². The Morgan fingerprint density at radius 3 is 2.48 bits per heavy atom. The van der Waals surface area contributed by atoms with Crippen LogP contribution in [0.1, 0.15) is 23.1 Å². The lowest BCUT2D eigenvalue weighted by atomic mass is 9.88. The molecule has 0 bridgehead atoms. The van der Waals surface area contributed by atoms with E-state index in [1.807, 2.05) is 18.2 Å². The van der Waals surface area contributed by atoms with Crippen LogP contribution in [0.2, 0.25) is 0 Å². The fourth-order valence-electron chi connectivity index (χ4n) is 5.86. The summed E-state index contributed by atoms with van der Waals surface area (Å²) in [6.45, 7) is 5.42. The molecule has 234 valence electrons. The van der Waals surface area contributed by atoms with Crippen LogP contribution in [0, 0.1) is 11.8 Å². The molecule has 0 amide bonds. The van der Waals surface area contributed by atoms with E-state index in [0.29, 0.717) is 30.9 Å². The standard InChI is InChI=1S/C31H34F3N5O5/c32-31(33,34)44-22-4-1-19(2-5-22)17-43-23-6-8-24-20(15-23)3-7-25-27(24)36-30(35)37-28(25)39-11-9-38(10-12-39)13-14-42-18-21-16-26(21)29(40)41/h1-2,4-6,8,15,21,26H,3,7,9-14,16-18H2,(H,40,41)(H2,35,36,37).